The van der Waals surface area contributed by atoms with Gasteiger partial charge in [0.25, 0.3) is 10.0 Å². The molecule has 0 bridgehead atoms. The predicted molar refractivity (Wildman–Crippen MR) is 140 cm³/mol. The summed E-state index contributed by atoms with van der Waals surface area (Å²) in [6.45, 7) is 2.19. The van der Waals surface area contributed by atoms with E-state index in [0.29, 0.717) is 5.69 Å². The molecule has 6 nitrogen and oxygen atoms in total. The summed E-state index contributed by atoms with van der Waals surface area (Å²) in [4.78, 5) is 8.89. The second-order valence-electron chi connectivity index (χ2n) is 8.04. The average Bonchev–Trinajstić information content (AvgIpc) is 3.32. The molecule has 0 aliphatic carbocycles. The largest absolute Gasteiger partial charge is 0.332 e. The molecule has 0 saturated carbocycles. The summed E-state index contributed by atoms with van der Waals surface area (Å²) in [6.07, 6.45) is 9.24. The molecule has 2 heterocycles. The Balaban J connectivity index is 1.35. The number of aromatic nitrogens is 2. The van der Waals surface area contributed by atoms with E-state index in [1.165, 1.54) is 36.2 Å². The van der Waals surface area contributed by atoms with E-state index in [1.807, 2.05) is 41.8 Å². The van der Waals surface area contributed by atoms with Crippen molar-refractivity contribution >= 4 is 37.9 Å². The van der Waals surface area contributed by atoms with Crippen LogP contribution in [0.4, 0.5) is 16.5 Å². The van der Waals surface area contributed by atoms with E-state index in [4.69, 9.17) is 0 Å². The van der Waals surface area contributed by atoms with Gasteiger partial charge in [0.15, 0.2) is 5.13 Å². The van der Waals surface area contributed by atoms with Crippen LogP contribution in [0.1, 0.15) is 38.2 Å². The van der Waals surface area contributed by atoms with E-state index in [0.717, 1.165) is 34.9 Å². The van der Waals surface area contributed by atoms with Crippen molar-refractivity contribution < 1.29 is 8.42 Å². The summed E-state index contributed by atoms with van der Waals surface area (Å²) in [6, 6.07) is 18.1. The molecule has 0 aliphatic heterocycles. The Morgan fingerprint density at radius 3 is 2.26 bits per heavy atom. The summed E-state index contributed by atoms with van der Waals surface area (Å²) in [5, 5.41) is 6.00. The van der Waals surface area contributed by atoms with Gasteiger partial charge in [-0.3, -0.25) is 9.71 Å². The van der Waals surface area contributed by atoms with Gasteiger partial charge in [-0.05, 0) is 66.9 Å². The zero-order valence-corrected chi connectivity index (χ0v) is 20.7. The molecular weight excluding hydrogens is 464 g/mol. The van der Waals surface area contributed by atoms with Gasteiger partial charge < -0.3 is 5.32 Å². The molecular formula is C26H28N4O2S2. The van der Waals surface area contributed by atoms with E-state index < -0.39 is 10.0 Å². The molecule has 34 heavy (non-hydrogen) atoms. The molecule has 4 aromatic rings. The number of benzene rings is 2. The van der Waals surface area contributed by atoms with Crippen LogP contribution in [-0.2, 0) is 16.4 Å². The van der Waals surface area contributed by atoms with Gasteiger partial charge in [0.05, 0.1) is 10.6 Å². The summed E-state index contributed by atoms with van der Waals surface area (Å²) < 4.78 is 28.2. The van der Waals surface area contributed by atoms with Crippen LogP contribution in [0.25, 0.3) is 11.3 Å². The molecule has 2 N–H and O–H groups in total. The second kappa shape index (κ2) is 11.3. The van der Waals surface area contributed by atoms with E-state index >= 15 is 0 Å². The Morgan fingerprint density at radius 2 is 1.56 bits per heavy atom. The number of aryl methyl sites for hydroxylation is 1. The third-order valence-corrected chi connectivity index (χ3v) is 7.58. The number of rotatable bonds is 11. The molecule has 0 saturated heterocycles. The van der Waals surface area contributed by atoms with Gasteiger partial charge >= 0.3 is 0 Å². The minimum atomic E-state index is -3.64. The number of anilines is 3. The summed E-state index contributed by atoms with van der Waals surface area (Å²) in [5.41, 5.74) is 4.39. The van der Waals surface area contributed by atoms with Gasteiger partial charge in [-0.15, -0.1) is 11.3 Å². The van der Waals surface area contributed by atoms with Gasteiger partial charge in [-0.25, -0.2) is 13.4 Å². The summed E-state index contributed by atoms with van der Waals surface area (Å²) >= 11 is 1.50. The van der Waals surface area contributed by atoms with Gasteiger partial charge in [0, 0.05) is 34.7 Å². The minimum Gasteiger partial charge on any atom is -0.332 e. The standard InChI is InChI=1S/C26H28N4O2S2/c1-2-3-4-5-6-20-7-13-24(14-8-20)34(31,32)30-23-11-9-22(10-12-23)28-26-29-25(19-33-26)21-15-17-27-18-16-21/h7-19,30H,2-6H2,1H3,(H,28,29). The van der Waals surface area contributed by atoms with Crippen LogP contribution in [-0.4, -0.2) is 18.4 Å². The summed E-state index contributed by atoms with van der Waals surface area (Å²) in [7, 11) is -3.64. The van der Waals surface area contributed by atoms with Crippen LogP contribution in [0.3, 0.4) is 0 Å². The number of nitrogens with one attached hydrogen (secondary N) is 2. The van der Waals surface area contributed by atoms with E-state index in [2.05, 4.69) is 26.9 Å². The van der Waals surface area contributed by atoms with E-state index in [9.17, 15) is 8.42 Å². The average molecular weight is 493 g/mol. The predicted octanol–water partition coefficient (Wildman–Crippen LogP) is 6.87. The topological polar surface area (TPSA) is 84.0 Å². The molecule has 8 heteroatoms. The number of thiazole rings is 1. The normalized spacial score (nSPS) is 11.3. The van der Waals surface area contributed by atoms with Gasteiger partial charge in [-0.2, -0.15) is 0 Å². The number of hydrogen-bond acceptors (Lipinski definition) is 6. The number of sulfonamides is 1. The molecule has 0 atom stereocenters. The molecule has 0 amide bonds. The minimum absolute atomic E-state index is 0.262. The van der Waals surface area contributed by atoms with Crippen molar-refractivity contribution in [3.63, 3.8) is 0 Å². The maximum atomic E-state index is 12.8. The molecule has 176 valence electrons. The van der Waals surface area contributed by atoms with Crippen molar-refractivity contribution in [3.05, 3.63) is 84.0 Å². The lowest BCUT2D eigenvalue weighted by molar-refractivity contribution is 0.601. The second-order valence-corrected chi connectivity index (χ2v) is 10.6. The highest BCUT2D eigenvalue weighted by molar-refractivity contribution is 7.92. The number of nitrogens with zero attached hydrogens (tertiary/aromatic N) is 2. The molecule has 4 rings (SSSR count). The van der Waals surface area contributed by atoms with Crippen molar-refractivity contribution in [2.24, 2.45) is 0 Å². The Hall–Kier alpha value is -3.23. The fourth-order valence-electron chi connectivity index (χ4n) is 3.54. The lowest BCUT2D eigenvalue weighted by Crippen LogP contribution is -2.12. The molecule has 0 aliphatic rings. The lowest BCUT2D eigenvalue weighted by Gasteiger charge is -2.10. The molecule has 0 radical (unpaired) electrons. The van der Waals surface area contributed by atoms with Crippen LogP contribution in [0.5, 0.6) is 0 Å². The SMILES string of the molecule is CCCCCCc1ccc(S(=O)(=O)Nc2ccc(Nc3nc(-c4ccncc4)cs3)cc2)cc1. The highest BCUT2D eigenvalue weighted by Gasteiger charge is 2.14. The molecule has 0 spiro atoms. The highest BCUT2D eigenvalue weighted by Crippen LogP contribution is 2.27. The van der Waals surface area contributed by atoms with Crippen molar-refractivity contribution in [2.45, 2.75) is 43.9 Å². The quantitative estimate of drug-likeness (QED) is 0.223. The first-order valence-corrected chi connectivity index (χ1v) is 13.7. The maximum Gasteiger partial charge on any atom is 0.261 e. The van der Waals surface area contributed by atoms with Crippen LogP contribution in [0, 0.1) is 0 Å². The van der Waals surface area contributed by atoms with E-state index in [-0.39, 0.29) is 4.90 Å². The summed E-state index contributed by atoms with van der Waals surface area (Å²) in [5.74, 6) is 0. The highest BCUT2D eigenvalue weighted by atomic mass is 32.2. The number of pyridine rings is 1. The van der Waals surface area contributed by atoms with Crippen molar-refractivity contribution in [1.82, 2.24) is 9.97 Å². The van der Waals surface area contributed by atoms with Crippen LogP contribution >= 0.6 is 11.3 Å². The van der Waals surface area contributed by atoms with Crippen molar-refractivity contribution in [2.75, 3.05) is 10.0 Å². The molecule has 2 aromatic heterocycles. The Bertz CT molecular complexity index is 1290. The van der Waals surface area contributed by atoms with Crippen molar-refractivity contribution in [3.8, 4) is 11.3 Å². The molecule has 0 fully saturated rings. The fourth-order valence-corrected chi connectivity index (χ4v) is 5.34. The first-order chi connectivity index (χ1) is 16.5. The number of unbranched alkanes of at least 4 members (excludes halogenated alkanes) is 3. The maximum absolute atomic E-state index is 12.8. The third-order valence-electron chi connectivity index (χ3n) is 5.42. The van der Waals surface area contributed by atoms with Crippen LogP contribution in [0.2, 0.25) is 0 Å². The zero-order chi connectivity index (χ0) is 23.8. The molecule has 0 unspecified atom stereocenters. The van der Waals surface area contributed by atoms with E-state index in [1.54, 1.807) is 36.7 Å². The lowest BCUT2D eigenvalue weighted by atomic mass is 10.1. The smallest absolute Gasteiger partial charge is 0.261 e. The third kappa shape index (κ3) is 6.42. The van der Waals surface area contributed by atoms with Crippen molar-refractivity contribution in [1.29, 1.82) is 0 Å². The first kappa shape index (κ1) is 23.9. The van der Waals surface area contributed by atoms with Crippen LogP contribution in [0.15, 0.2) is 83.3 Å². The van der Waals surface area contributed by atoms with Crippen LogP contribution < -0.4 is 10.0 Å². The zero-order valence-electron chi connectivity index (χ0n) is 19.1. The Morgan fingerprint density at radius 1 is 0.853 bits per heavy atom. The Labute approximate surface area is 205 Å². The van der Waals surface area contributed by atoms with Gasteiger partial charge in [-0.1, -0.05) is 38.3 Å². The Kier molecular flexibility index (Phi) is 7.92. The fraction of sp³-hybridized carbons (Fsp3) is 0.231. The number of hydrogen-bond donors (Lipinski definition) is 2. The molecule has 2 aromatic carbocycles. The first-order valence-electron chi connectivity index (χ1n) is 11.4. The monoisotopic (exact) mass is 492 g/mol. The van der Waals surface area contributed by atoms with Gasteiger partial charge in [0.2, 0.25) is 0 Å². The van der Waals surface area contributed by atoms with Gasteiger partial charge in [0.1, 0.15) is 0 Å².